The van der Waals surface area contributed by atoms with Gasteiger partial charge in [-0.05, 0) is 30.0 Å². The molecule has 1 N–H and O–H groups in total. The van der Waals surface area contributed by atoms with E-state index in [1.807, 2.05) is 18.2 Å². The fourth-order valence-corrected chi connectivity index (χ4v) is 3.92. The van der Waals surface area contributed by atoms with Crippen molar-refractivity contribution in [3.05, 3.63) is 71.4 Å². The molecule has 0 aliphatic heterocycles. The highest BCUT2D eigenvalue weighted by molar-refractivity contribution is 5.89. The normalized spacial score (nSPS) is 12.2. The van der Waals surface area contributed by atoms with E-state index in [1.54, 1.807) is 7.11 Å². The van der Waals surface area contributed by atoms with Crippen molar-refractivity contribution < 1.29 is 9.53 Å². The Morgan fingerprint density at radius 3 is 2.57 bits per heavy atom. The van der Waals surface area contributed by atoms with Gasteiger partial charge in [-0.3, -0.25) is 4.79 Å². The minimum Gasteiger partial charge on any atom is -0.383 e. The quantitative estimate of drug-likeness (QED) is 0.557. The number of methoxy groups -OCH3 is 1. The summed E-state index contributed by atoms with van der Waals surface area (Å²) in [4.78, 5) is 12.6. The SMILES string of the molecule is CCc1cccc2c(C(CC(=O)NCCOC)c3ccccc3)cn(CC)c12. The number of amides is 1. The van der Waals surface area contributed by atoms with Gasteiger partial charge >= 0.3 is 0 Å². The number of carbonyl (C=O) groups is 1. The molecule has 0 saturated carbocycles. The van der Waals surface area contributed by atoms with Crippen LogP contribution in [0.4, 0.5) is 0 Å². The van der Waals surface area contributed by atoms with E-state index in [1.165, 1.54) is 27.6 Å². The lowest BCUT2D eigenvalue weighted by Crippen LogP contribution is -2.28. The molecule has 0 aliphatic carbocycles. The number of benzene rings is 2. The first kappa shape index (κ1) is 20.2. The third-order valence-corrected chi connectivity index (χ3v) is 5.33. The lowest BCUT2D eigenvalue weighted by Gasteiger charge is -2.17. The van der Waals surface area contributed by atoms with Crippen LogP contribution in [-0.2, 0) is 22.5 Å². The molecular formula is C24H30N2O2. The van der Waals surface area contributed by atoms with Crippen LogP contribution < -0.4 is 5.32 Å². The first-order chi connectivity index (χ1) is 13.7. The Morgan fingerprint density at radius 2 is 1.89 bits per heavy atom. The van der Waals surface area contributed by atoms with Crippen LogP contribution >= 0.6 is 0 Å². The van der Waals surface area contributed by atoms with E-state index in [9.17, 15) is 4.79 Å². The van der Waals surface area contributed by atoms with Crippen LogP contribution in [0.5, 0.6) is 0 Å². The zero-order valence-corrected chi connectivity index (χ0v) is 17.1. The van der Waals surface area contributed by atoms with Gasteiger partial charge in [0.2, 0.25) is 5.91 Å². The van der Waals surface area contributed by atoms with Crippen molar-refractivity contribution in [2.45, 2.75) is 39.2 Å². The monoisotopic (exact) mass is 378 g/mol. The fourth-order valence-electron chi connectivity index (χ4n) is 3.92. The van der Waals surface area contributed by atoms with E-state index in [0.717, 1.165) is 13.0 Å². The first-order valence-corrected chi connectivity index (χ1v) is 10.1. The van der Waals surface area contributed by atoms with Crippen molar-refractivity contribution in [1.82, 2.24) is 9.88 Å². The Kier molecular flexibility index (Phi) is 6.88. The lowest BCUT2D eigenvalue weighted by atomic mass is 9.87. The van der Waals surface area contributed by atoms with Gasteiger partial charge < -0.3 is 14.6 Å². The summed E-state index contributed by atoms with van der Waals surface area (Å²) in [6, 6.07) is 16.9. The molecule has 0 saturated heterocycles. The maximum absolute atomic E-state index is 12.6. The molecule has 2 aromatic carbocycles. The van der Waals surface area contributed by atoms with Crippen molar-refractivity contribution >= 4 is 16.8 Å². The number of ether oxygens (including phenoxy) is 1. The number of rotatable bonds is 9. The van der Waals surface area contributed by atoms with Crippen LogP contribution in [0.1, 0.15) is 42.9 Å². The van der Waals surface area contributed by atoms with Crippen LogP contribution in [0.3, 0.4) is 0 Å². The van der Waals surface area contributed by atoms with E-state index < -0.39 is 0 Å². The molecule has 4 heteroatoms. The standard InChI is InChI=1S/C24H30N2O2/c1-4-18-12-9-13-20-22(17-26(5-2)24(18)20)21(19-10-7-6-8-11-19)16-23(27)25-14-15-28-3/h6-13,17,21H,4-5,14-16H2,1-3H3,(H,25,27). The van der Waals surface area contributed by atoms with Gasteiger partial charge in [-0.15, -0.1) is 0 Å². The van der Waals surface area contributed by atoms with Crippen LogP contribution in [0.2, 0.25) is 0 Å². The molecule has 148 valence electrons. The molecule has 3 aromatic rings. The summed E-state index contributed by atoms with van der Waals surface area (Å²) in [5.41, 5.74) is 5.03. The van der Waals surface area contributed by atoms with Crippen LogP contribution in [0.25, 0.3) is 10.9 Å². The average Bonchev–Trinajstić information content (AvgIpc) is 3.11. The fraction of sp³-hybridized carbons (Fsp3) is 0.375. The number of nitrogens with zero attached hydrogens (tertiary/aromatic N) is 1. The number of hydrogen-bond acceptors (Lipinski definition) is 2. The van der Waals surface area contributed by atoms with Crippen LogP contribution in [-0.4, -0.2) is 30.7 Å². The summed E-state index contributed by atoms with van der Waals surface area (Å²) < 4.78 is 7.37. The van der Waals surface area contributed by atoms with Crippen molar-refractivity contribution in [3.8, 4) is 0 Å². The van der Waals surface area contributed by atoms with Gasteiger partial charge in [-0.1, -0.05) is 55.5 Å². The number of aryl methyl sites for hydroxylation is 2. The van der Waals surface area contributed by atoms with Crippen molar-refractivity contribution in [1.29, 1.82) is 0 Å². The van der Waals surface area contributed by atoms with Crippen molar-refractivity contribution in [3.63, 3.8) is 0 Å². The minimum atomic E-state index is 0.0196. The first-order valence-electron chi connectivity index (χ1n) is 10.1. The molecule has 0 fully saturated rings. The van der Waals surface area contributed by atoms with Crippen LogP contribution in [0, 0.1) is 0 Å². The molecule has 0 radical (unpaired) electrons. The molecule has 1 aromatic heterocycles. The van der Waals surface area contributed by atoms with E-state index in [-0.39, 0.29) is 11.8 Å². The van der Waals surface area contributed by atoms with Gasteiger partial charge in [-0.25, -0.2) is 0 Å². The molecule has 3 rings (SSSR count). The molecule has 1 atom stereocenters. The highest BCUT2D eigenvalue weighted by atomic mass is 16.5. The van der Waals surface area contributed by atoms with Gasteiger partial charge in [0.15, 0.2) is 0 Å². The van der Waals surface area contributed by atoms with Gasteiger partial charge in [-0.2, -0.15) is 0 Å². The maximum atomic E-state index is 12.6. The number of carbonyl (C=O) groups excluding carboxylic acids is 1. The van der Waals surface area contributed by atoms with Crippen molar-refractivity contribution in [2.24, 2.45) is 0 Å². The van der Waals surface area contributed by atoms with Gasteiger partial charge in [0.25, 0.3) is 0 Å². The predicted molar refractivity (Wildman–Crippen MR) is 115 cm³/mol. The topological polar surface area (TPSA) is 43.3 Å². The smallest absolute Gasteiger partial charge is 0.221 e. The molecule has 0 aliphatic rings. The second-order valence-electron chi connectivity index (χ2n) is 7.05. The second kappa shape index (κ2) is 9.56. The molecule has 0 bridgehead atoms. The third-order valence-electron chi connectivity index (χ3n) is 5.33. The number of nitrogens with one attached hydrogen (secondary N) is 1. The summed E-state index contributed by atoms with van der Waals surface area (Å²) in [6.07, 6.45) is 3.66. The van der Waals surface area contributed by atoms with Gasteiger partial charge in [0, 0.05) is 44.1 Å². The molecule has 1 amide bonds. The number of aromatic nitrogens is 1. The van der Waals surface area contributed by atoms with E-state index in [4.69, 9.17) is 4.74 Å². The average molecular weight is 379 g/mol. The molecule has 1 heterocycles. The molecule has 4 nitrogen and oxygen atoms in total. The lowest BCUT2D eigenvalue weighted by molar-refractivity contribution is -0.121. The van der Waals surface area contributed by atoms with Gasteiger partial charge in [0.05, 0.1) is 12.1 Å². The van der Waals surface area contributed by atoms with Crippen LogP contribution in [0.15, 0.2) is 54.7 Å². The molecular weight excluding hydrogens is 348 g/mol. The Labute approximate surface area is 167 Å². The maximum Gasteiger partial charge on any atom is 0.221 e. The van der Waals surface area contributed by atoms with E-state index in [2.05, 4.69) is 60.3 Å². The highest BCUT2D eigenvalue weighted by Crippen LogP contribution is 2.36. The third kappa shape index (κ3) is 4.28. The minimum absolute atomic E-state index is 0.0196. The second-order valence-corrected chi connectivity index (χ2v) is 7.05. The Morgan fingerprint density at radius 1 is 1.11 bits per heavy atom. The number of hydrogen-bond donors (Lipinski definition) is 1. The Bertz CT molecular complexity index is 915. The largest absolute Gasteiger partial charge is 0.383 e. The summed E-state index contributed by atoms with van der Waals surface area (Å²) in [5.74, 6) is 0.0705. The van der Waals surface area contributed by atoms with Gasteiger partial charge in [0.1, 0.15) is 0 Å². The molecule has 1 unspecified atom stereocenters. The number of fused-ring (bicyclic) bond motifs is 1. The Balaban J connectivity index is 2.04. The Hall–Kier alpha value is -2.59. The summed E-state index contributed by atoms with van der Waals surface area (Å²) in [6.45, 7) is 6.34. The molecule has 28 heavy (non-hydrogen) atoms. The summed E-state index contributed by atoms with van der Waals surface area (Å²) in [5, 5.41) is 4.22. The summed E-state index contributed by atoms with van der Waals surface area (Å²) >= 11 is 0. The van der Waals surface area contributed by atoms with E-state index in [0.29, 0.717) is 19.6 Å². The highest BCUT2D eigenvalue weighted by Gasteiger charge is 2.23. The number of para-hydroxylation sites is 1. The molecule has 0 spiro atoms. The van der Waals surface area contributed by atoms with E-state index >= 15 is 0 Å². The zero-order chi connectivity index (χ0) is 19.9. The zero-order valence-electron chi connectivity index (χ0n) is 17.1. The predicted octanol–water partition coefficient (Wildman–Crippen LogP) is 4.51. The van der Waals surface area contributed by atoms with Crippen molar-refractivity contribution in [2.75, 3.05) is 20.3 Å². The summed E-state index contributed by atoms with van der Waals surface area (Å²) in [7, 11) is 1.64.